The molecule has 11 heavy (non-hydrogen) atoms. The molecule has 0 unspecified atom stereocenters. The third-order valence-corrected chi connectivity index (χ3v) is 0.937. The fourth-order valence-corrected chi connectivity index (χ4v) is 0.420. The number of nitro groups is 1. The summed E-state index contributed by atoms with van der Waals surface area (Å²) in [7, 11) is 1.65. The van der Waals surface area contributed by atoms with E-state index < -0.39 is 4.92 Å². The molecular formula is C6H9BN2O2. The molecule has 0 saturated carbocycles. The van der Waals surface area contributed by atoms with Crippen LogP contribution in [0.4, 0.5) is 0 Å². The van der Waals surface area contributed by atoms with Crippen LogP contribution in [0.5, 0.6) is 0 Å². The lowest BCUT2D eigenvalue weighted by atomic mass is 10.1. The van der Waals surface area contributed by atoms with Crippen molar-refractivity contribution in [3.05, 3.63) is 46.2 Å². The van der Waals surface area contributed by atoms with Crippen molar-refractivity contribution in [2.45, 2.75) is 0 Å². The van der Waals surface area contributed by atoms with Crippen LogP contribution in [0.15, 0.2) is 36.1 Å². The molecule has 0 rings (SSSR count). The molecule has 0 atom stereocenters. The Morgan fingerprint density at radius 2 is 2.18 bits per heavy atom. The van der Waals surface area contributed by atoms with E-state index in [1.54, 1.807) is 7.85 Å². The molecule has 58 valence electrons. The monoisotopic (exact) mass is 152 g/mol. The molecule has 0 radical (unpaired) electrons. The van der Waals surface area contributed by atoms with Crippen LogP contribution < -0.4 is 5.73 Å². The predicted octanol–water partition coefficient (Wildman–Crippen LogP) is -0.234. The smallest absolute Gasteiger partial charge is 0.268 e. The average molecular weight is 152 g/mol. The number of nitrogens with zero attached hydrogens (tertiary/aromatic N) is 1. The standard InChI is InChI=1S/C6H9BN2O2/c1-2-5(9(10)11)3-4-6(7)8/h2-4H,1,7-8H2/b5-3+,6-4-. The van der Waals surface area contributed by atoms with Crippen LogP contribution in [0.25, 0.3) is 0 Å². The Bertz CT molecular complexity index is 229. The number of hydrogen-bond acceptors (Lipinski definition) is 3. The molecule has 0 aromatic rings. The lowest BCUT2D eigenvalue weighted by molar-refractivity contribution is -0.418. The summed E-state index contributed by atoms with van der Waals surface area (Å²) in [6, 6.07) is 0. The Kier molecular flexibility index (Phi) is 3.73. The second kappa shape index (κ2) is 4.32. The van der Waals surface area contributed by atoms with Crippen molar-refractivity contribution in [3.8, 4) is 0 Å². The van der Waals surface area contributed by atoms with Crippen LogP contribution in [-0.4, -0.2) is 12.8 Å². The van der Waals surface area contributed by atoms with Crippen LogP contribution in [0, 0.1) is 10.1 Å². The van der Waals surface area contributed by atoms with Gasteiger partial charge in [-0.15, -0.1) is 0 Å². The summed E-state index contributed by atoms with van der Waals surface area (Å²) in [5.74, 6) is 0. The van der Waals surface area contributed by atoms with Gasteiger partial charge in [-0.3, -0.25) is 10.1 Å². The first-order valence-electron chi connectivity index (χ1n) is 2.99. The second-order valence-electron chi connectivity index (χ2n) is 1.96. The molecule has 0 aromatic carbocycles. The maximum absolute atomic E-state index is 10.1. The maximum Gasteiger partial charge on any atom is 0.268 e. The molecule has 0 spiro atoms. The molecule has 0 aliphatic rings. The van der Waals surface area contributed by atoms with Crippen LogP contribution >= 0.6 is 0 Å². The van der Waals surface area contributed by atoms with Crippen molar-refractivity contribution in [1.82, 2.24) is 0 Å². The van der Waals surface area contributed by atoms with Crippen molar-refractivity contribution in [2.24, 2.45) is 5.73 Å². The highest BCUT2D eigenvalue weighted by molar-refractivity contribution is 6.21. The molecule has 0 aromatic heterocycles. The summed E-state index contributed by atoms with van der Waals surface area (Å²) < 4.78 is 0. The Balaban J connectivity index is 4.50. The van der Waals surface area contributed by atoms with Gasteiger partial charge in [-0.25, -0.2) is 0 Å². The third-order valence-electron chi connectivity index (χ3n) is 0.937. The highest BCUT2D eigenvalue weighted by atomic mass is 16.6. The minimum Gasteiger partial charge on any atom is -0.410 e. The van der Waals surface area contributed by atoms with Crippen molar-refractivity contribution < 1.29 is 4.92 Å². The minimum absolute atomic E-state index is 0.0604. The van der Waals surface area contributed by atoms with Crippen LogP contribution in [-0.2, 0) is 0 Å². The first kappa shape index (κ1) is 9.48. The van der Waals surface area contributed by atoms with Crippen molar-refractivity contribution >= 4 is 7.85 Å². The fourth-order valence-electron chi connectivity index (χ4n) is 0.420. The molecule has 2 N–H and O–H groups in total. The highest BCUT2D eigenvalue weighted by Gasteiger charge is 2.00. The van der Waals surface area contributed by atoms with Crippen molar-refractivity contribution in [1.29, 1.82) is 0 Å². The highest BCUT2D eigenvalue weighted by Crippen LogP contribution is 1.96. The summed E-state index contributed by atoms with van der Waals surface area (Å²) in [5, 5.41) is 10.1. The summed E-state index contributed by atoms with van der Waals surface area (Å²) in [4.78, 5) is 9.62. The van der Waals surface area contributed by atoms with Gasteiger partial charge in [0.15, 0.2) is 7.85 Å². The van der Waals surface area contributed by atoms with Gasteiger partial charge in [0.25, 0.3) is 5.70 Å². The zero-order valence-corrected chi connectivity index (χ0v) is 6.28. The van der Waals surface area contributed by atoms with E-state index >= 15 is 0 Å². The number of nitrogens with two attached hydrogens (primary N) is 1. The SMILES string of the molecule is B/C(N)=C/C=C(\C=C)[N+](=O)[O-]. The summed E-state index contributed by atoms with van der Waals surface area (Å²) >= 11 is 0. The molecule has 0 fully saturated rings. The molecule has 0 amide bonds. The largest absolute Gasteiger partial charge is 0.410 e. The molecule has 0 saturated heterocycles. The van der Waals surface area contributed by atoms with E-state index in [0.29, 0.717) is 5.60 Å². The molecule has 5 heteroatoms. The maximum atomic E-state index is 10.1. The number of allylic oxidation sites excluding steroid dienone is 3. The molecular weight excluding hydrogens is 143 g/mol. The molecule has 0 bridgehead atoms. The van der Waals surface area contributed by atoms with E-state index in [0.717, 1.165) is 0 Å². The topological polar surface area (TPSA) is 69.2 Å². The first-order chi connectivity index (χ1) is 5.07. The van der Waals surface area contributed by atoms with Crippen LogP contribution in [0.2, 0.25) is 0 Å². The number of rotatable bonds is 3. The van der Waals surface area contributed by atoms with Crippen LogP contribution in [0.3, 0.4) is 0 Å². The average Bonchev–Trinajstić information content (AvgIpc) is 1.87. The lowest BCUT2D eigenvalue weighted by Gasteiger charge is -1.87. The normalized spacial score (nSPS) is 12.7. The van der Waals surface area contributed by atoms with Gasteiger partial charge in [0, 0.05) is 12.2 Å². The van der Waals surface area contributed by atoms with Gasteiger partial charge in [0.1, 0.15) is 0 Å². The molecule has 0 aliphatic carbocycles. The summed E-state index contributed by atoms with van der Waals surface area (Å²) in [6.07, 6.45) is 3.93. The minimum atomic E-state index is -0.521. The van der Waals surface area contributed by atoms with E-state index in [-0.39, 0.29) is 5.70 Å². The second-order valence-corrected chi connectivity index (χ2v) is 1.96. The van der Waals surface area contributed by atoms with Gasteiger partial charge in [0.05, 0.1) is 4.92 Å². The molecule has 4 nitrogen and oxygen atoms in total. The van der Waals surface area contributed by atoms with Gasteiger partial charge >= 0.3 is 0 Å². The van der Waals surface area contributed by atoms with E-state index in [4.69, 9.17) is 5.73 Å². The zero-order valence-electron chi connectivity index (χ0n) is 6.28. The Hall–Kier alpha value is -1.52. The predicted molar refractivity (Wildman–Crippen MR) is 46.1 cm³/mol. The third kappa shape index (κ3) is 3.97. The summed E-state index contributed by atoms with van der Waals surface area (Å²) in [6.45, 7) is 3.28. The van der Waals surface area contributed by atoms with Gasteiger partial charge in [-0.2, -0.15) is 0 Å². The zero-order chi connectivity index (χ0) is 8.85. The van der Waals surface area contributed by atoms with Crippen molar-refractivity contribution in [2.75, 3.05) is 0 Å². The van der Waals surface area contributed by atoms with Gasteiger partial charge < -0.3 is 5.73 Å². The van der Waals surface area contributed by atoms with Crippen molar-refractivity contribution in [3.63, 3.8) is 0 Å². The van der Waals surface area contributed by atoms with E-state index in [9.17, 15) is 10.1 Å². The van der Waals surface area contributed by atoms with E-state index in [1.165, 1.54) is 18.2 Å². The van der Waals surface area contributed by atoms with Gasteiger partial charge in [-0.05, 0) is 11.7 Å². The fraction of sp³-hybridized carbons (Fsp3) is 0. The Labute approximate surface area is 65.6 Å². The van der Waals surface area contributed by atoms with Gasteiger partial charge in [-0.1, -0.05) is 6.58 Å². The Morgan fingerprint density at radius 3 is 2.45 bits per heavy atom. The van der Waals surface area contributed by atoms with E-state index in [1.807, 2.05) is 0 Å². The van der Waals surface area contributed by atoms with Crippen LogP contribution in [0.1, 0.15) is 0 Å². The quantitative estimate of drug-likeness (QED) is 0.262. The molecule has 0 aliphatic heterocycles. The number of hydrogen-bond donors (Lipinski definition) is 1. The summed E-state index contributed by atoms with van der Waals surface area (Å²) in [5.41, 5.74) is 5.71. The first-order valence-corrected chi connectivity index (χ1v) is 2.99. The van der Waals surface area contributed by atoms with Gasteiger partial charge in [0.2, 0.25) is 0 Å². The Morgan fingerprint density at radius 1 is 1.64 bits per heavy atom. The lowest BCUT2D eigenvalue weighted by Crippen LogP contribution is -1.97. The van der Waals surface area contributed by atoms with E-state index in [2.05, 4.69) is 6.58 Å². The molecule has 0 heterocycles.